The Morgan fingerprint density at radius 1 is 1.11 bits per heavy atom. The molecule has 6 heteroatoms. The molecule has 0 bridgehead atoms. The summed E-state index contributed by atoms with van der Waals surface area (Å²) in [5, 5.41) is 3.38. The molecular weight excluding hydrogens is 360 g/mol. The van der Waals surface area contributed by atoms with E-state index in [2.05, 4.69) is 11.4 Å². The van der Waals surface area contributed by atoms with Gasteiger partial charge in [-0.1, -0.05) is 12.1 Å². The van der Waals surface area contributed by atoms with E-state index in [0.29, 0.717) is 28.9 Å². The van der Waals surface area contributed by atoms with Crippen LogP contribution >= 0.6 is 12.2 Å². The number of rotatable bonds is 5. The molecule has 0 spiro atoms. The molecule has 27 heavy (non-hydrogen) atoms. The molecule has 1 heterocycles. The van der Waals surface area contributed by atoms with Crippen LogP contribution in [0.2, 0.25) is 0 Å². The number of thiocarbonyl (C=S) groups is 1. The zero-order chi connectivity index (χ0) is 19.6. The van der Waals surface area contributed by atoms with Crippen LogP contribution in [0.25, 0.3) is 6.08 Å². The Morgan fingerprint density at radius 3 is 2.44 bits per heavy atom. The number of hydrogen-bond acceptors (Lipinski definition) is 4. The minimum Gasteiger partial charge on any atom is -0.493 e. The highest BCUT2D eigenvalue weighted by Gasteiger charge is 2.32. The number of carbonyl (C=O) groups is 1. The first-order valence-electron chi connectivity index (χ1n) is 8.69. The molecule has 1 N–H and O–H groups in total. The van der Waals surface area contributed by atoms with Gasteiger partial charge in [-0.25, -0.2) is 0 Å². The zero-order valence-corrected chi connectivity index (χ0v) is 16.6. The third-order valence-electron chi connectivity index (χ3n) is 4.14. The third kappa shape index (κ3) is 3.95. The van der Waals surface area contributed by atoms with E-state index in [4.69, 9.17) is 21.7 Å². The summed E-state index contributed by atoms with van der Waals surface area (Å²) in [5.74, 6) is 1.10. The maximum Gasteiger partial charge on any atom is 0.281 e. The zero-order valence-electron chi connectivity index (χ0n) is 15.8. The van der Waals surface area contributed by atoms with Crippen LogP contribution in [0.3, 0.4) is 0 Å². The lowest BCUT2D eigenvalue weighted by Crippen LogP contribution is -2.30. The van der Waals surface area contributed by atoms with Gasteiger partial charge in [0.15, 0.2) is 16.6 Å². The van der Waals surface area contributed by atoms with Gasteiger partial charge in [0.25, 0.3) is 5.91 Å². The SMILES string of the molecule is CCOc1ccc(/C=C2\NC(=S)N(c3cc(C)cc(C)c3)C2=O)cc1OC. The lowest BCUT2D eigenvalue weighted by atomic mass is 10.1. The van der Waals surface area contributed by atoms with E-state index in [1.54, 1.807) is 13.2 Å². The van der Waals surface area contributed by atoms with Crippen molar-refractivity contribution in [2.75, 3.05) is 18.6 Å². The van der Waals surface area contributed by atoms with Crippen molar-refractivity contribution in [3.05, 3.63) is 58.8 Å². The summed E-state index contributed by atoms with van der Waals surface area (Å²) in [4.78, 5) is 14.4. The van der Waals surface area contributed by atoms with Crippen LogP contribution in [0.5, 0.6) is 11.5 Å². The van der Waals surface area contributed by atoms with Gasteiger partial charge < -0.3 is 14.8 Å². The number of ether oxygens (including phenoxy) is 2. The third-order valence-corrected chi connectivity index (χ3v) is 4.43. The molecule has 140 valence electrons. The van der Waals surface area contributed by atoms with Gasteiger partial charge in [-0.3, -0.25) is 9.69 Å². The molecule has 2 aromatic rings. The summed E-state index contributed by atoms with van der Waals surface area (Å²) in [5.41, 5.74) is 4.16. The maximum atomic E-state index is 12.9. The van der Waals surface area contributed by atoms with Crippen molar-refractivity contribution in [2.24, 2.45) is 0 Å². The lowest BCUT2D eigenvalue weighted by molar-refractivity contribution is -0.113. The summed E-state index contributed by atoms with van der Waals surface area (Å²) < 4.78 is 10.9. The minimum absolute atomic E-state index is 0.183. The van der Waals surface area contributed by atoms with Crippen molar-refractivity contribution >= 4 is 35.0 Å². The first kappa shape index (κ1) is 18.9. The van der Waals surface area contributed by atoms with Gasteiger partial charge in [0, 0.05) is 0 Å². The van der Waals surface area contributed by atoms with Gasteiger partial charge in [0.2, 0.25) is 0 Å². The molecule has 0 aromatic heterocycles. The summed E-state index contributed by atoms with van der Waals surface area (Å²) in [6.07, 6.45) is 1.76. The van der Waals surface area contributed by atoms with E-state index in [1.807, 2.05) is 51.1 Å². The predicted octanol–water partition coefficient (Wildman–Crippen LogP) is 3.97. The molecule has 1 aliphatic rings. The van der Waals surface area contributed by atoms with Crippen LogP contribution in [0.1, 0.15) is 23.6 Å². The monoisotopic (exact) mass is 382 g/mol. The highest BCUT2D eigenvalue weighted by Crippen LogP contribution is 2.30. The molecule has 0 unspecified atom stereocenters. The van der Waals surface area contributed by atoms with Crippen molar-refractivity contribution in [2.45, 2.75) is 20.8 Å². The first-order chi connectivity index (χ1) is 12.9. The Labute approximate surface area is 164 Å². The summed E-state index contributed by atoms with van der Waals surface area (Å²) in [6, 6.07) is 11.5. The van der Waals surface area contributed by atoms with E-state index >= 15 is 0 Å². The smallest absolute Gasteiger partial charge is 0.281 e. The number of amides is 1. The van der Waals surface area contributed by atoms with Crippen LogP contribution in [0.15, 0.2) is 42.1 Å². The van der Waals surface area contributed by atoms with Gasteiger partial charge in [0.05, 0.1) is 19.4 Å². The average Bonchev–Trinajstić information content (AvgIpc) is 2.89. The van der Waals surface area contributed by atoms with Gasteiger partial charge in [-0.2, -0.15) is 0 Å². The quantitative estimate of drug-likeness (QED) is 0.626. The van der Waals surface area contributed by atoms with Crippen LogP contribution in [0, 0.1) is 13.8 Å². The Hall–Kier alpha value is -2.86. The number of anilines is 1. The first-order valence-corrected chi connectivity index (χ1v) is 9.10. The van der Waals surface area contributed by atoms with Gasteiger partial charge >= 0.3 is 0 Å². The van der Waals surface area contributed by atoms with Gasteiger partial charge in [-0.15, -0.1) is 0 Å². The Kier molecular flexibility index (Phi) is 5.46. The van der Waals surface area contributed by atoms with Crippen LogP contribution < -0.4 is 19.7 Å². The highest BCUT2D eigenvalue weighted by atomic mass is 32.1. The molecular formula is C21H22N2O3S. The van der Waals surface area contributed by atoms with Crippen molar-refractivity contribution in [3.63, 3.8) is 0 Å². The normalized spacial score (nSPS) is 15.3. The Morgan fingerprint density at radius 2 is 1.81 bits per heavy atom. The maximum absolute atomic E-state index is 12.9. The Balaban J connectivity index is 1.92. The fourth-order valence-electron chi connectivity index (χ4n) is 3.06. The Bertz CT molecular complexity index is 917. The number of aryl methyl sites for hydroxylation is 2. The van der Waals surface area contributed by atoms with Crippen molar-refractivity contribution in [3.8, 4) is 11.5 Å². The molecule has 1 fully saturated rings. The molecule has 1 saturated heterocycles. The molecule has 0 radical (unpaired) electrons. The van der Waals surface area contributed by atoms with Crippen molar-refractivity contribution in [1.82, 2.24) is 5.32 Å². The average molecular weight is 382 g/mol. The summed E-state index contributed by atoms with van der Waals surface area (Å²) >= 11 is 5.39. The fraction of sp³-hybridized carbons (Fsp3) is 0.238. The van der Waals surface area contributed by atoms with Crippen LogP contribution in [-0.2, 0) is 4.79 Å². The second-order valence-corrected chi connectivity index (χ2v) is 6.70. The number of carbonyl (C=O) groups excluding carboxylic acids is 1. The number of nitrogens with one attached hydrogen (secondary N) is 1. The van der Waals surface area contributed by atoms with Gasteiger partial charge in [0.1, 0.15) is 5.70 Å². The fourth-order valence-corrected chi connectivity index (χ4v) is 3.36. The molecule has 0 aliphatic carbocycles. The van der Waals surface area contributed by atoms with Crippen molar-refractivity contribution < 1.29 is 14.3 Å². The molecule has 0 atom stereocenters. The largest absolute Gasteiger partial charge is 0.493 e. The van der Waals surface area contributed by atoms with E-state index < -0.39 is 0 Å². The minimum atomic E-state index is -0.183. The van der Waals surface area contributed by atoms with E-state index in [0.717, 1.165) is 22.4 Å². The number of benzene rings is 2. The van der Waals surface area contributed by atoms with E-state index in [-0.39, 0.29) is 5.91 Å². The van der Waals surface area contributed by atoms with Crippen LogP contribution in [-0.4, -0.2) is 24.7 Å². The molecule has 5 nitrogen and oxygen atoms in total. The molecule has 3 rings (SSSR count). The highest BCUT2D eigenvalue weighted by molar-refractivity contribution is 7.80. The number of hydrogen-bond donors (Lipinski definition) is 1. The number of nitrogens with zero attached hydrogens (tertiary/aromatic N) is 1. The summed E-state index contributed by atoms with van der Waals surface area (Å²) in [6.45, 7) is 6.46. The lowest BCUT2D eigenvalue weighted by Gasteiger charge is -2.15. The molecule has 0 saturated carbocycles. The molecule has 1 aliphatic heterocycles. The molecule has 1 amide bonds. The van der Waals surface area contributed by atoms with Crippen LogP contribution in [0.4, 0.5) is 5.69 Å². The second-order valence-electron chi connectivity index (χ2n) is 6.32. The second kappa shape index (κ2) is 7.80. The van der Waals surface area contributed by atoms with Crippen molar-refractivity contribution in [1.29, 1.82) is 0 Å². The van der Waals surface area contributed by atoms with E-state index in [9.17, 15) is 4.79 Å². The topological polar surface area (TPSA) is 50.8 Å². The predicted molar refractivity (Wildman–Crippen MR) is 111 cm³/mol. The van der Waals surface area contributed by atoms with E-state index in [1.165, 1.54) is 4.90 Å². The number of methoxy groups -OCH3 is 1. The van der Waals surface area contributed by atoms with Gasteiger partial charge in [-0.05, 0) is 80.0 Å². The molecule has 2 aromatic carbocycles. The summed E-state index contributed by atoms with van der Waals surface area (Å²) in [7, 11) is 1.59. The standard InChI is InChI=1S/C21H22N2O3S/c1-5-26-18-7-6-15(12-19(18)25-4)11-17-20(24)23(21(27)22-17)16-9-13(2)8-14(3)10-16/h6-12H,5H2,1-4H3,(H,22,27)/b17-11-.